The molecule has 1 unspecified atom stereocenters. The molecule has 0 saturated heterocycles. The second-order valence-electron chi connectivity index (χ2n) is 5.07. The van der Waals surface area contributed by atoms with Crippen molar-refractivity contribution in [2.24, 2.45) is 16.8 Å². The number of amides is 2. The van der Waals surface area contributed by atoms with E-state index in [2.05, 4.69) is 10.4 Å². The molecule has 0 aromatic heterocycles. The molecule has 7 heteroatoms. The van der Waals surface area contributed by atoms with E-state index in [0.29, 0.717) is 30.9 Å². The number of hydrogen-bond acceptors (Lipinski definition) is 5. The first kappa shape index (κ1) is 16.0. The number of ether oxygens (including phenoxy) is 1. The normalized spacial score (nSPS) is 17.5. The molecular formula is C15H20N4O3. The average molecular weight is 304 g/mol. The summed E-state index contributed by atoms with van der Waals surface area (Å²) in [5, 5.41) is 8.13. The topological polar surface area (TPSA) is 97.0 Å². The van der Waals surface area contributed by atoms with E-state index in [0.717, 1.165) is 0 Å². The zero-order valence-corrected chi connectivity index (χ0v) is 12.5. The Morgan fingerprint density at radius 3 is 2.82 bits per heavy atom. The number of anilines is 1. The van der Waals surface area contributed by atoms with E-state index in [1.54, 1.807) is 30.5 Å². The number of carbonyl (C=O) groups is 2. The molecule has 0 bridgehead atoms. The summed E-state index contributed by atoms with van der Waals surface area (Å²) in [6, 6.07) is 6.87. The third-order valence-electron chi connectivity index (χ3n) is 3.09. The fourth-order valence-corrected chi connectivity index (χ4v) is 1.97. The summed E-state index contributed by atoms with van der Waals surface area (Å²) in [6.45, 7) is 2.70. The molecule has 7 nitrogen and oxygen atoms in total. The summed E-state index contributed by atoms with van der Waals surface area (Å²) in [6.07, 6.45) is 2.21. The zero-order valence-electron chi connectivity index (χ0n) is 12.5. The van der Waals surface area contributed by atoms with Crippen LogP contribution in [-0.4, -0.2) is 37.7 Å². The Labute approximate surface area is 129 Å². The molecule has 2 amide bonds. The summed E-state index contributed by atoms with van der Waals surface area (Å²) in [4.78, 5) is 23.3. The van der Waals surface area contributed by atoms with Gasteiger partial charge in [-0.25, -0.2) is 5.01 Å². The van der Waals surface area contributed by atoms with E-state index in [1.807, 2.05) is 6.92 Å². The highest BCUT2D eigenvalue weighted by molar-refractivity contribution is 5.97. The fourth-order valence-electron chi connectivity index (χ4n) is 1.97. The highest BCUT2D eigenvalue weighted by Crippen LogP contribution is 2.23. The number of nitrogens with one attached hydrogen (secondary N) is 1. The Balaban J connectivity index is 1.92. The van der Waals surface area contributed by atoms with Crippen LogP contribution in [0.5, 0.6) is 5.75 Å². The van der Waals surface area contributed by atoms with Gasteiger partial charge in [0, 0.05) is 31.6 Å². The maximum atomic E-state index is 11.9. The van der Waals surface area contributed by atoms with E-state index < -0.39 is 0 Å². The number of hydrazone groups is 1. The summed E-state index contributed by atoms with van der Waals surface area (Å²) < 4.78 is 5.36. The molecule has 22 heavy (non-hydrogen) atoms. The molecule has 0 spiro atoms. The highest BCUT2D eigenvalue weighted by atomic mass is 16.5. The number of rotatable bonds is 6. The van der Waals surface area contributed by atoms with Crippen LogP contribution >= 0.6 is 0 Å². The average Bonchev–Trinajstić information content (AvgIpc) is 2.51. The van der Waals surface area contributed by atoms with Gasteiger partial charge >= 0.3 is 0 Å². The SMILES string of the molecule is CC1C=NN(c2ccc(OCC(=O)NCCN)cc2)C(=O)C1. The summed E-state index contributed by atoms with van der Waals surface area (Å²) in [7, 11) is 0. The standard InChI is InChI=1S/C15H20N4O3/c1-11-8-15(21)19(18-9-11)12-2-4-13(5-3-12)22-10-14(20)17-7-6-16/h2-5,9,11H,6-8,10,16H2,1H3,(H,17,20). The minimum atomic E-state index is -0.223. The molecule has 1 aromatic carbocycles. The van der Waals surface area contributed by atoms with Crippen molar-refractivity contribution < 1.29 is 14.3 Å². The van der Waals surface area contributed by atoms with Crippen LogP contribution in [-0.2, 0) is 9.59 Å². The van der Waals surface area contributed by atoms with Crippen molar-refractivity contribution in [1.29, 1.82) is 0 Å². The van der Waals surface area contributed by atoms with Crippen LogP contribution in [0.4, 0.5) is 5.69 Å². The maximum Gasteiger partial charge on any atom is 0.257 e. The van der Waals surface area contributed by atoms with E-state index in [-0.39, 0.29) is 24.3 Å². The predicted octanol–water partition coefficient (Wildman–Crippen LogP) is 0.499. The van der Waals surface area contributed by atoms with E-state index in [1.165, 1.54) is 5.01 Å². The molecule has 0 radical (unpaired) electrons. The third kappa shape index (κ3) is 4.29. The molecule has 0 saturated carbocycles. The van der Waals surface area contributed by atoms with Crippen LogP contribution in [0.25, 0.3) is 0 Å². The largest absolute Gasteiger partial charge is 0.484 e. The van der Waals surface area contributed by atoms with Crippen LogP contribution in [0, 0.1) is 5.92 Å². The lowest BCUT2D eigenvalue weighted by molar-refractivity contribution is -0.123. The van der Waals surface area contributed by atoms with Crippen LogP contribution in [0.15, 0.2) is 29.4 Å². The van der Waals surface area contributed by atoms with E-state index in [4.69, 9.17) is 10.5 Å². The number of nitrogens with zero attached hydrogens (tertiary/aromatic N) is 2. The lowest BCUT2D eigenvalue weighted by atomic mass is 10.1. The van der Waals surface area contributed by atoms with Crippen molar-refractivity contribution >= 4 is 23.7 Å². The smallest absolute Gasteiger partial charge is 0.257 e. The summed E-state index contributed by atoms with van der Waals surface area (Å²) in [5.41, 5.74) is 5.97. The predicted molar refractivity (Wildman–Crippen MR) is 83.8 cm³/mol. The van der Waals surface area contributed by atoms with Crippen molar-refractivity contribution in [2.45, 2.75) is 13.3 Å². The van der Waals surface area contributed by atoms with Crippen molar-refractivity contribution in [3.63, 3.8) is 0 Å². The second-order valence-corrected chi connectivity index (χ2v) is 5.07. The first-order valence-electron chi connectivity index (χ1n) is 7.17. The Morgan fingerprint density at radius 2 is 2.18 bits per heavy atom. The van der Waals surface area contributed by atoms with E-state index >= 15 is 0 Å². The first-order chi connectivity index (χ1) is 10.6. The Kier molecular flexibility index (Phi) is 5.48. The number of nitrogens with two attached hydrogens (primary N) is 1. The molecule has 2 rings (SSSR count). The molecule has 118 valence electrons. The third-order valence-corrected chi connectivity index (χ3v) is 3.09. The minimum Gasteiger partial charge on any atom is -0.484 e. The van der Waals surface area contributed by atoms with Crippen LogP contribution in [0.1, 0.15) is 13.3 Å². The van der Waals surface area contributed by atoms with Crippen molar-refractivity contribution in [1.82, 2.24) is 5.32 Å². The van der Waals surface area contributed by atoms with Gasteiger partial charge in [-0.2, -0.15) is 5.10 Å². The van der Waals surface area contributed by atoms with Crippen molar-refractivity contribution in [3.05, 3.63) is 24.3 Å². The van der Waals surface area contributed by atoms with Crippen molar-refractivity contribution in [2.75, 3.05) is 24.7 Å². The molecule has 1 aliphatic rings. The van der Waals surface area contributed by atoms with Gasteiger partial charge in [-0.1, -0.05) is 6.92 Å². The molecule has 1 aliphatic heterocycles. The van der Waals surface area contributed by atoms with Gasteiger partial charge in [-0.05, 0) is 24.3 Å². The number of hydrogen-bond donors (Lipinski definition) is 2. The van der Waals surface area contributed by atoms with E-state index in [9.17, 15) is 9.59 Å². The lowest BCUT2D eigenvalue weighted by Crippen LogP contribution is -2.33. The Morgan fingerprint density at radius 1 is 1.45 bits per heavy atom. The molecule has 1 atom stereocenters. The van der Waals surface area contributed by atoms with Gasteiger partial charge in [0.05, 0.1) is 5.69 Å². The molecule has 0 fully saturated rings. The quantitative estimate of drug-likeness (QED) is 0.799. The summed E-state index contributed by atoms with van der Waals surface area (Å²) >= 11 is 0. The van der Waals surface area contributed by atoms with Gasteiger partial charge in [0.15, 0.2) is 6.61 Å². The Bertz CT molecular complexity index is 556. The molecule has 1 aromatic rings. The van der Waals surface area contributed by atoms with Gasteiger partial charge < -0.3 is 15.8 Å². The van der Waals surface area contributed by atoms with Crippen LogP contribution in [0.2, 0.25) is 0 Å². The molecule has 3 N–H and O–H groups in total. The van der Waals surface area contributed by atoms with Crippen molar-refractivity contribution in [3.8, 4) is 5.75 Å². The van der Waals surface area contributed by atoms with Gasteiger partial charge in [-0.15, -0.1) is 0 Å². The van der Waals surface area contributed by atoms with Gasteiger partial charge in [-0.3, -0.25) is 9.59 Å². The second kappa shape index (κ2) is 7.56. The fraction of sp³-hybridized carbons (Fsp3) is 0.400. The minimum absolute atomic E-state index is 0.0372. The van der Waals surface area contributed by atoms with Crippen LogP contribution < -0.4 is 20.8 Å². The lowest BCUT2D eigenvalue weighted by Gasteiger charge is -2.22. The molecule has 0 aliphatic carbocycles. The summed E-state index contributed by atoms with van der Waals surface area (Å²) in [5.74, 6) is 0.455. The Hall–Kier alpha value is -2.41. The van der Waals surface area contributed by atoms with Gasteiger partial charge in [0.25, 0.3) is 5.91 Å². The first-order valence-corrected chi connectivity index (χ1v) is 7.17. The molecule has 1 heterocycles. The van der Waals surface area contributed by atoms with Gasteiger partial charge in [0.2, 0.25) is 5.91 Å². The number of benzene rings is 1. The number of carbonyl (C=O) groups excluding carboxylic acids is 2. The van der Waals surface area contributed by atoms with Crippen LogP contribution in [0.3, 0.4) is 0 Å². The zero-order chi connectivity index (χ0) is 15.9. The van der Waals surface area contributed by atoms with Gasteiger partial charge in [0.1, 0.15) is 5.75 Å². The maximum absolute atomic E-state index is 11.9. The highest BCUT2D eigenvalue weighted by Gasteiger charge is 2.21. The monoisotopic (exact) mass is 304 g/mol. The molecular weight excluding hydrogens is 284 g/mol.